The molecule has 2 rings (SSSR count). The van der Waals surface area contributed by atoms with Crippen molar-refractivity contribution >= 4 is 35.0 Å². The predicted molar refractivity (Wildman–Crippen MR) is 85.3 cm³/mol. The average molecular weight is 345 g/mol. The topological polar surface area (TPSA) is 58.6 Å². The molecule has 1 aliphatic rings. The molecule has 1 N–H and O–H groups in total. The first-order valence-corrected chi connectivity index (χ1v) is 7.90. The molecule has 0 bridgehead atoms. The van der Waals surface area contributed by atoms with Gasteiger partial charge in [0.1, 0.15) is 5.75 Å². The van der Waals surface area contributed by atoms with Crippen LogP contribution < -0.4 is 10.1 Å². The Balaban J connectivity index is 1.84. The minimum Gasteiger partial charge on any atom is -0.482 e. The van der Waals surface area contributed by atoms with Crippen LogP contribution in [0.2, 0.25) is 10.0 Å². The monoisotopic (exact) mass is 344 g/mol. The van der Waals surface area contributed by atoms with E-state index in [2.05, 4.69) is 5.32 Å². The summed E-state index contributed by atoms with van der Waals surface area (Å²) in [4.78, 5) is 25.5. The summed E-state index contributed by atoms with van der Waals surface area (Å²) in [6.07, 6.45) is 0.680. The second-order valence-electron chi connectivity index (χ2n) is 5.08. The molecule has 0 aromatic heterocycles. The van der Waals surface area contributed by atoms with Gasteiger partial charge in [-0.2, -0.15) is 0 Å². The minimum atomic E-state index is -0.155. The van der Waals surface area contributed by atoms with Gasteiger partial charge in [0.05, 0.1) is 10.9 Å². The van der Waals surface area contributed by atoms with Gasteiger partial charge in [0.2, 0.25) is 5.91 Å². The molecule has 0 aliphatic carbocycles. The third-order valence-corrected chi connectivity index (χ3v) is 4.04. The molecule has 1 fully saturated rings. The van der Waals surface area contributed by atoms with Crippen LogP contribution in [0.5, 0.6) is 5.75 Å². The fourth-order valence-corrected chi connectivity index (χ4v) is 2.81. The van der Waals surface area contributed by atoms with Gasteiger partial charge in [-0.15, -0.1) is 0 Å². The Morgan fingerprint density at radius 1 is 1.41 bits per heavy atom. The number of benzene rings is 1. The smallest absolute Gasteiger partial charge is 0.260 e. The number of hydrogen-bond acceptors (Lipinski definition) is 3. The quantitative estimate of drug-likeness (QED) is 0.891. The largest absolute Gasteiger partial charge is 0.482 e. The molecule has 1 heterocycles. The SMILES string of the molecule is CCNC(=O)[C@@H]1CCN(C(=O)COc2ccc(Cl)cc2Cl)C1. The Kier molecular flexibility index (Phi) is 5.91. The molecular weight excluding hydrogens is 327 g/mol. The van der Waals surface area contributed by atoms with E-state index in [1.807, 2.05) is 6.92 Å². The highest BCUT2D eigenvalue weighted by Crippen LogP contribution is 2.27. The van der Waals surface area contributed by atoms with Crippen molar-refractivity contribution in [1.82, 2.24) is 10.2 Å². The Hall–Kier alpha value is -1.46. The normalized spacial score (nSPS) is 17.4. The molecular formula is C15H18Cl2N2O3. The van der Waals surface area contributed by atoms with Gasteiger partial charge in [0, 0.05) is 24.7 Å². The molecule has 5 nitrogen and oxygen atoms in total. The maximum atomic E-state index is 12.1. The van der Waals surface area contributed by atoms with Gasteiger partial charge in [-0.05, 0) is 31.5 Å². The highest BCUT2D eigenvalue weighted by molar-refractivity contribution is 6.35. The van der Waals surface area contributed by atoms with E-state index in [-0.39, 0.29) is 24.3 Å². The van der Waals surface area contributed by atoms with E-state index in [1.165, 1.54) is 0 Å². The van der Waals surface area contributed by atoms with Crippen LogP contribution in [-0.4, -0.2) is 43.0 Å². The van der Waals surface area contributed by atoms with Crippen LogP contribution >= 0.6 is 23.2 Å². The summed E-state index contributed by atoms with van der Waals surface area (Å²) in [6, 6.07) is 4.83. The van der Waals surface area contributed by atoms with E-state index in [4.69, 9.17) is 27.9 Å². The van der Waals surface area contributed by atoms with Gasteiger partial charge in [-0.3, -0.25) is 9.59 Å². The van der Waals surface area contributed by atoms with Crippen molar-refractivity contribution in [2.75, 3.05) is 26.2 Å². The summed E-state index contributed by atoms with van der Waals surface area (Å²) in [6.45, 7) is 3.37. The fourth-order valence-electron chi connectivity index (χ4n) is 2.34. The van der Waals surface area contributed by atoms with E-state index >= 15 is 0 Å². The minimum absolute atomic E-state index is 0.000496. The van der Waals surface area contributed by atoms with Crippen molar-refractivity contribution in [2.45, 2.75) is 13.3 Å². The molecule has 1 aromatic carbocycles. The van der Waals surface area contributed by atoms with Crippen molar-refractivity contribution in [3.8, 4) is 5.75 Å². The highest BCUT2D eigenvalue weighted by Gasteiger charge is 2.30. The molecule has 1 atom stereocenters. The Bertz CT molecular complexity index is 566. The number of amides is 2. The lowest BCUT2D eigenvalue weighted by Crippen LogP contribution is -2.36. The van der Waals surface area contributed by atoms with E-state index in [0.717, 1.165) is 0 Å². The van der Waals surface area contributed by atoms with E-state index < -0.39 is 0 Å². The number of nitrogens with zero attached hydrogens (tertiary/aromatic N) is 1. The van der Waals surface area contributed by atoms with Crippen LogP contribution in [0, 0.1) is 5.92 Å². The molecule has 0 spiro atoms. The third kappa shape index (κ3) is 4.27. The number of carbonyl (C=O) groups excluding carboxylic acids is 2. The van der Waals surface area contributed by atoms with Gasteiger partial charge in [-0.25, -0.2) is 0 Å². The molecule has 0 radical (unpaired) electrons. The van der Waals surface area contributed by atoms with Gasteiger partial charge >= 0.3 is 0 Å². The molecule has 1 aliphatic heterocycles. The molecule has 0 unspecified atom stereocenters. The van der Waals surface area contributed by atoms with Crippen LogP contribution in [0.25, 0.3) is 0 Å². The second-order valence-corrected chi connectivity index (χ2v) is 5.93. The zero-order valence-corrected chi connectivity index (χ0v) is 13.8. The summed E-state index contributed by atoms with van der Waals surface area (Å²) >= 11 is 11.8. The molecule has 22 heavy (non-hydrogen) atoms. The lowest BCUT2D eigenvalue weighted by atomic mass is 10.1. The van der Waals surface area contributed by atoms with Crippen LogP contribution in [0.4, 0.5) is 0 Å². The number of halogens is 2. The molecule has 1 aromatic rings. The van der Waals surface area contributed by atoms with E-state index in [0.29, 0.717) is 41.8 Å². The van der Waals surface area contributed by atoms with Crippen molar-refractivity contribution in [1.29, 1.82) is 0 Å². The van der Waals surface area contributed by atoms with E-state index in [9.17, 15) is 9.59 Å². The maximum absolute atomic E-state index is 12.1. The Labute approximate surface area is 139 Å². The lowest BCUT2D eigenvalue weighted by molar-refractivity contribution is -0.132. The first kappa shape index (κ1) is 16.9. The molecule has 7 heteroatoms. The summed E-state index contributed by atoms with van der Waals surface area (Å²) in [5, 5.41) is 3.65. The van der Waals surface area contributed by atoms with E-state index in [1.54, 1.807) is 23.1 Å². The number of carbonyl (C=O) groups is 2. The number of ether oxygens (including phenoxy) is 1. The third-order valence-electron chi connectivity index (χ3n) is 3.51. The summed E-state index contributed by atoms with van der Waals surface area (Å²) in [5.41, 5.74) is 0. The van der Waals surface area contributed by atoms with Crippen molar-refractivity contribution < 1.29 is 14.3 Å². The maximum Gasteiger partial charge on any atom is 0.260 e. The molecule has 0 saturated carbocycles. The van der Waals surface area contributed by atoms with Gasteiger partial charge < -0.3 is 15.0 Å². The first-order chi connectivity index (χ1) is 10.5. The van der Waals surface area contributed by atoms with Crippen molar-refractivity contribution in [3.05, 3.63) is 28.2 Å². The van der Waals surface area contributed by atoms with Crippen molar-refractivity contribution in [2.24, 2.45) is 5.92 Å². The second kappa shape index (κ2) is 7.70. The summed E-state index contributed by atoms with van der Waals surface area (Å²) in [5.74, 6) is 0.124. The Morgan fingerprint density at radius 2 is 2.18 bits per heavy atom. The summed E-state index contributed by atoms with van der Waals surface area (Å²) in [7, 11) is 0. The predicted octanol–water partition coefficient (Wildman–Crippen LogP) is 2.36. The fraction of sp³-hybridized carbons (Fsp3) is 0.467. The van der Waals surface area contributed by atoms with Crippen LogP contribution in [0.15, 0.2) is 18.2 Å². The Morgan fingerprint density at radius 3 is 2.86 bits per heavy atom. The molecule has 120 valence electrons. The number of nitrogens with one attached hydrogen (secondary N) is 1. The standard InChI is InChI=1S/C15H18Cl2N2O3/c1-2-18-15(21)10-5-6-19(8-10)14(20)9-22-13-4-3-11(16)7-12(13)17/h3-4,7,10H,2,5-6,8-9H2,1H3,(H,18,21)/t10-/m1/s1. The van der Waals surface area contributed by atoms with Crippen molar-refractivity contribution in [3.63, 3.8) is 0 Å². The van der Waals surface area contributed by atoms with Gasteiger partial charge in [0.15, 0.2) is 6.61 Å². The van der Waals surface area contributed by atoms with Gasteiger partial charge in [0.25, 0.3) is 5.91 Å². The zero-order chi connectivity index (χ0) is 16.1. The molecule has 2 amide bonds. The number of hydrogen-bond donors (Lipinski definition) is 1. The number of rotatable bonds is 5. The first-order valence-electron chi connectivity index (χ1n) is 7.14. The van der Waals surface area contributed by atoms with Crippen LogP contribution in [-0.2, 0) is 9.59 Å². The highest BCUT2D eigenvalue weighted by atomic mass is 35.5. The lowest BCUT2D eigenvalue weighted by Gasteiger charge is -2.17. The number of likely N-dealkylation sites (tertiary alicyclic amines) is 1. The van der Waals surface area contributed by atoms with Crippen LogP contribution in [0.3, 0.4) is 0 Å². The van der Waals surface area contributed by atoms with Crippen LogP contribution in [0.1, 0.15) is 13.3 Å². The summed E-state index contributed by atoms with van der Waals surface area (Å²) < 4.78 is 5.43. The van der Waals surface area contributed by atoms with Gasteiger partial charge in [-0.1, -0.05) is 23.2 Å². The zero-order valence-electron chi connectivity index (χ0n) is 12.3. The molecule has 1 saturated heterocycles. The average Bonchev–Trinajstić information content (AvgIpc) is 2.96.